The van der Waals surface area contributed by atoms with E-state index in [1.54, 1.807) is 0 Å². The van der Waals surface area contributed by atoms with E-state index < -0.39 is 16.2 Å². The van der Waals surface area contributed by atoms with Gasteiger partial charge in [0.1, 0.15) is 0 Å². The average molecular weight is 253 g/mol. The minimum absolute atomic E-state index is 0.0645. The van der Waals surface area contributed by atoms with Crippen LogP contribution in [-0.2, 0) is 4.79 Å². The Bertz CT molecular complexity index is 514. The topological polar surface area (TPSA) is 98.3 Å². The Kier molecular flexibility index (Phi) is 3.00. The zero-order chi connectivity index (χ0) is 13.3. The van der Waals surface area contributed by atoms with Crippen molar-refractivity contribution in [2.75, 3.05) is 11.9 Å². The van der Waals surface area contributed by atoms with E-state index in [0.717, 1.165) is 12.1 Å². The second-order valence-electron chi connectivity index (χ2n) is 4.36. The van der Waals surface area contributed by atoms with Crippen molar-refractivity contribution >= 4 is 17.3 Å². The fraction of sp³-hybridized carbons (Fsp3) is 0.364. The Morgan fingerprint density at radius 1 is 1.56 bits per heavy atom. The predicted molar refractivity (Wildman–Crippen MR) is 62.4 cm³/mol. The SMILES string of the molecule is NCC1(C(=O)Nc2ccc([N+](=O)[O-])cc2F)CC1. The standard InChI is InChI=1S/C11H12FN3O3/c12-8-5-7(15(17)18)1-2-9(8)14-10(16)11(6-13)3-4-11/h1-2,5H,3-4,6,13H2,(H,14,16). The number of hydrogen-bond acceptors (Lipinski definition) is 4. The van der Waals surface area contributed by atoms with E-state index in [2.05, 4.69) is 5.32 Å². The van der Waals surface area contributed by atoms with Crippen LogP contribution in [0, 0.1) is 21.3 Å². The van der Waals surface area contributed by atoms with Crippen LogP contribution in [0.5, 0.6) is 0 Å². The van der Waals surface area contributed by atoms with Gasteiger partial charge in [-0.15, -0.1) is 0 Å². The second kappa shape index (κ2) is 4.34. The molecule has 1 amide bonds. The highest BCUT2D eigenvalue weighted by Gasteiger charge is 2.48. The van der Waals surface area contributed by atoms with Crippen LogP contribution in [0.15, 0.2) is 18.2 Å². The molecule has 0 spiro atoms. The van der Waals surface area contributed by atoms with Crippen molar-refractivity contribution in [2.24, 2.45) is 11.1 Å². The third-order valence-electron chi connectivity index (χ3n) is 3.14. The molecular weight excluding hydrogens is 241 g/mol. The molecule has 0 unspecified atom stereocenters. The van der Waals surface area contributed by atoms with Crippen molar-refractivity contribution in [3.63, 3.8) is 0 Å². The Hall–Kier alpha value is -2.02. The van der Waals surface area contributed by atoms with Gasteiger partial charge in [0, 0.05) is 12.6 Å². The first kappa shape index (κ1) is 12.4. The molecule has 1 aliphatic rings. The molecule has 1 saturated carbocycles. The quantitative estimate of drug-likeness (QED) is 0.626. The average Bonchev–Trinajstić information content (AvgIpc) is 3.12. The molecule has 1 aromatic carbocycles. The summed E-state index contributed by atoms with van der Waals surface area (Å²) >= 11 is 0. The minimum Gasteiger partial charge on any atom is -0.329 e. The van der Waals surface area contributed by atoms with Crippen molar-refractivity contribution in [2.45, 2.75) is 12.8 Å². The number of carbonyl (C=O) groups is 1. The summed E-state index contributed by atoms with van der Waals surface area (Å²) in [6, 6.07) is 3.09. The molecule has 0 saturated heterocycles. The number of carbonyl (C=O) groups excluding carboxylic acids is 1. The molecule has 0 aromatic heterocycles. The first-order chi connectivity index (χ1) is 8.48. The number of non-ortho nitro benzene ring substituents is 1. The predicted octanol–water partition coefficient (Wildman–Crippen LogP) is 1.41. The van der Waals surface area contributed by atoms with Gasteiger partial charge >= 0.3 is 0 Å². The van der Waals surface area contributed by atoms with Crippen LogP contribution in [0.4, 0.5) is 15.8 Å². The van der Waals surface area contributed by atoms with Crippen molar-refractivity contribution in [3.8, 4) is 0 Å². The summed E-state index contributed by atoms with van der Waals surface area (Å²) in [5, 5.41) is 12.9. The second-order valence-corrected chi connectivity index (χ2v) is 4.36. The van der Waals surface area contributed by atoms with E-state index in [1.807, 2.05) is 0 Å². The zero-order valence-electron chi connectivity index (χ0n) is 9.48. The van der Waals surface area contributed by atoms with Gasteiger partial charge in [0.2, 0.25) is 5.91 Å². The summed E-state index contributed by atoms with van der Waals surface area (Å²) in [7, 11) is 0. The molecule has 96 valence electrons. The molecule has 0 bridgehead atoms. The molecule has 2 rings (SSSR count). The Morgan fingerprint density at radius 2 is 2.22 bits per heavy atom. The first-order valence-electron chi connectivity index (χ1n) is 5.44. The van der Waals surface area contributed by atoms with Crippen LogP contribution < -0.4 is 11.1 Å². The lowest BCUT2D eigenvalue weighted by molar-refractivity contribution is -0.385. The number of rotatable bonds is 4. The highest BCUT2D eigenvalue weighted by molar-refractivity contribution is 5.97. The van der Waals surface area contributed by atoms with E-state index in [-0.39, 0.29) is 23.8 Å². The van der Waals surface area contributed by atoms with Crippen molar-refractivity contribution in [1.29, 1.82) is 0 Å². The number of benzene rings is 1. The molecule has 1 aliphatic carbocycles. The van der Waals surface area contributed by atoms with E-state index >= 15 is 0 Å². The summed E-state index contributed by atoms with van der Waals surface area (Å²) in [5.74, 6) is -1.16. The van der Waals surface area contributed by atoms with Gasteiger partial charge in [0.25, 0.3) is 5.69 Å². The normalized spacial score (nSPS) is 16.1. The van der Waals surface area contributed by atoms with Crippen LogP contribution in [0.25, 0.3) is 0 Å². The van der Waals surface area contributed by atoms with E-state index in [1.165, 1.54) is 6.07 Å². The molecule has 0 heterocycles. The Labute approximate surface area is 102 Å². The van der Waals surface area contributed by atoms with Gasteiger partial charge in [-0.2, -0.15) is 0 Å². The molecule has 6 nitrogen and oxygen atoms in total. The van der Waals surface area contributed by atoms with Crippen molar-refractivity contribution in [1.82, 2.24) is 0 Å². The van der Waals surface area contributed by atoms with Gasteiger partial charge in [0.05, 0.1) is 22.1 Å². The van der Waals surface area contributed by atoms with Gasteiger partial charge in [-0.05, 0) is 18.9 Å². The van der Waals surface area contributed by atoms with Gasteiger partial charge in [-0.3, -0.25) is 14.9 Å². The smallest absolute Gasteiger partial charge is 0.272 e. The number of hydrogen-bond donors (Lipinski definition) is 2. The monoisotopic (exact) mass is 253 g/mol. The molecule has 18 heavy (non-hydrogen) atoms. The molecular formula is C11H12FN3O3. The maximum absolute atomic E-state index is 13.5. The number of amides is 1. The summed E-state index contributed by atoms with van der Waals surface area (Å²) in [6.07, 6.45) is 1.37. The highest BCUT2D eigenvalue weighted by Crippen LogP contribution is 2.45. The Morgan fingerprint density at radius 3 is 2.67 bits per heavy atom. The molecule has 1 fully saturated rings. The molecule has 0 radical (unpaired) electrons. The molecule has 1 aromatic rings. The number of halogens is 1. The lowest BCUT2D eigenvalue weighted by atomic mass is 10.1. The third kappa shape index (κ3) is 2.17. The summed E-state index contributed by atoms with van der Waals surface area (Å²) in [4.78, 5) is 21.5. The third-order valence-corrected chi connectivity index (χ3v) is 3.14. The molecule has 0 aliphatic heterocycles. The number of nitro groups is 1. The van der Waals surface area contributed by atoms with Crippen molar-refractivity contribution < 1.29 is 14.1 Å². The fourth-order valence-electron chi connectivity index (χ4n) is 1.65. The summed E-state index contributed by atoms with van der Waals surface area (Å²) in [5.41, 5.74) is 4.47. The van der Waals surface area contributed by atoms with Crippen LogP contribution in [0.1, 0.15) is 12.8 Å². The number of anilines is 1. The van der Waals surface area contributed by atoms with Crippen molar-refractivity contribution in [3.05, 3.63) is 34.1 Å². The van der Waals surface area contributed by atoms with Crippen LogP contribution in [0.3, 0.4) is 0 Å². The van der Waals surface area contributed by atoms with Gasteiger partial charge < -0.3 is 11.1 Å². The lowest BCUT2D eigenvalue weighted by Crippen LogP contribution is -2.31. The number of nitro benzene ring substituents is 1. The maximum atomic E-state index is 13.5. The number of nitrogens with two attached hydrogens (primary N) is 1. The van der Waals surface area contributed by atoms with Crippen LogP contribution >= 0.6 is 0 Å². The van der Waals surface area contributed by atoms with Crippen LogP contribution in [0.2, 0.25) is 0 Å². The number of nitrogens with one attached hydrogen (secondary N) is 1. The Balaban J connectivity index is 2.15. The fourth-order valence-corrected chi connectivity index (χ4v) is 1.65. The molecule has 7 heteroatoms. The summed E-state index contributed by atoms with van der Waals surface area (Å²) in [6.45, 7) is 0.216. The lowest BCUT2D eigenvalue weighted by Gasteiger charge is -2.13. The highest BCUT2D eigenvalue weighted by atomic mass is 19.1. The van der Waals surface area contributed by atoms with E-state index in [4.69, 9.17) is 5.73 Å². The number of nitrogens with zero attached hydrogens (tertiary/aromatic N) is 1. The molecule has 3 N–H and O–H groups in total. The van der Waals surface area contributed by atoms with Gasteiger partial charge in [-0.25, -0.2) is 4.39 Å². The minimum atomic E-state index is -0.828. The van der Waals surface area contributed by atoms with E-state index in [9.17, 15) is 19.3 Å². The summed E-state index contributed by atoms with van der Waals surface area (Å²) < 4.78 is 13.5. The van der Waals surface area contributed by atoms with Gasteiger partial charge in [0.15, 0.2) is 5.82 Å². The maximum Gasteiger partial charge on any atom is 0.272 e. The van der Waals surface area contributed by atoms with Crippen LogP contribution in [-0.4, -0.2) is 17.4 Å². The first-order valence-corrected chi connectivity index (χ1v) is 5.44. The zero-order valence-corrected chi connectivity index (χ0v) is 9.48. The van der Waals surface area contributed by atoms with E-state index in [0.29, 0.717) is 12.8 Å². The molecule has 0 atom stereocenters. The largest absolute Gasteiger partial charge is 0.329 e. The van der Waals surface area contributed by atoms with Gasteiger partial charge in [-0.1, -0.05) is 0 Å².